The Hall–Kier alpha value is -1.03. The van der Waals surface area contributed by atoms with Crippen LogP contribution in [0.5, 0.6) is 0 Å². The van der Waals surface area contributed by atoms with E-state index >= 15 is 0 Å². The predicted octanol–water partition coefficient (Wildman–Crippen LogP) is 2.77. The van der Waals surface area contributed by atoms with E-state index < -0.39 is 12.3 Å². The molecule has 0 amide bonds. The fourth-order valence-electron chi connectivity index (χ4n) is 1.48. The van der Waals surface area contributed by atoms with Gasteiger partial charge in [-0.05, 0) is 30.5 Å². The van der Waals surface area contributed by atoms with Crippen LogP contribution < -0.4 is 0 Å². The van der Waals surface area contributed by atoms with Crippen LogP contribution in [0.1, 0.15) is 16.7 Å². The summed E-state index contributed by atoms with van der Waals surface area (Å²) in [4.78, 5) is 0. The molecule has 0 saturated carbocycles. The van der Waals surface area contributed by atoms with Crippen LogP contribution in [0.15, 0.2) is 18.2 Å². The summed E-state index contributed by atoms with van der Waals surface area (Å²) in [5.41, 5.74) is 2.12. The molecular formula is C11H13F3O. The summed E-state index contributed by atoms with van der Waals surface area (Å²) < 4.78 is 36.4. The number of hydrogen-bond donors (Lipinski definition) is 1. The highest BCUT2D eigenvalue weighted by Gasteiger charge is 2.38. The Morgan fingerprint density at radius 3 is 2.07 bits per heavy atom. The Balaban J connectivity index is 2.90. The normalized spacial score (nSPS) is 14.0. The third-order valence-electron chi connectivity index (χ3n) is 2.42. The molecule has 0 heterocycles. The zero-order chi connectivity index (χ0) is 11.6. The Morgan fingerprint density at radius 2 is 1.67 bits per heavy atom. The minimum Gasteiger partial charge on any atom is -0.383 e. The molecule has 0 unspecified atom stereocenters. The van der Waals surface area contributed by atoms with Crippen molar-refractivity contribution in [1.29, 1.82) is 0 Å². The lowest BCUT2D eigenvalue weighted by molar-refractivity contribution is -0.203. The van der Waals surface area contributed by atoms with Crippen molar-refractivity contribution in [2.75, 3.05) is 0 Å². The van der Waals surface area contributed by atoms with Gasteiger partial charge in [-0.3, -0.25) is 0 Å². The van der Waals surface area contributed by atoms with Gasteiger partial charge >= 0.3 is 6.18 Å². The highest BCUT2D eigenvalue weighted by atomic mass is 19.4. The van der Waals surface area contributed by atoms with Crippen molar-refractivity contribution in [3.05, 3.63) is 34.9 Å². The fraction of sp³-hybridized carbons (Fsp3) is 0.455. The van der Waals surface area contributed by atoms with Gasteiger partial charge in [-0.2, -0.15) is 13.2 Å². The van der Waals surface area contributed by atoms with Gasteiger partial charge in [0.2, 0.25) is 0 Å². The lowest BCUT2D eigenvalue weighted by atomic mass is 9.97. The van der Waals surface area contributed by atoms with Crippen molar-refractivity contribution in [1.82, 2.24) is 0 Å². The highest BCUT2D eigenvalue weighted by molar-refractivity contribution is 5.34. The van der Waals surface area contributed by atoms with E-state index in [1.165, 1.54) is 0 Å². The van der Waals surface area contributed by atoms with Crippen molar-refractivity contribution in [3.63, 3.8) is 0 Å². The van der Waals surface area contributed by atoms with Crippen molar-refractivity contribution >= 4 is 0 Å². The molecule has 0 bridgehead atoms. The van der Waals surface area contributed by atoms with Gasteiger partial charge in [0.15, 0.2) is 6.10 Å². The molecule has 1 atom stereocenters. The van der Waals surface area contributed by atoms with Gasteiger partial charge in [0.05, 0.1) is 0 Å². The average Bonchev–Trinajstić information content (AvgIpc) is 2.09. The van der Waals surface area contributed by atoms with Crippen molar-refractivity contribution in [3.8, 4) is 0 Å². The number of aryl methyl sites for hydroxylation is 2. The Labute approximate surface area is 86.5 Å². The number of aliphatic hydroxyl groups excluding tert-OH is 1. The number of rotatable bonds is 2. The van der Waals surface area contributed by atoms with E-state index in [-0.39, 0.29) is 6.42 Å². The summed E-state index contributed by atoms with van der Waals surface area (Å²) in [6, 6.07) is 5.27. The summed E-state index contributed by atoms with van der Waals surface area (Å²) >= 11 is 0. The predicted molar refractivity (Wildman–Crippen MR) is 51.7 cm³/mol. The number of benzene rings is 1. The molecule has 1 nitrogen and oxygen atoms in total. The van der Waals surface area contributed by atoms with E-state index in [9.17, 15) is 13.2 Å². The largest absolute Gasteiger partial charge is 0.414 e. The first-order valence-electron chi connectivity index (χ1n) is 4.62. The lowest BCUT2D eigenvalue weighted by Gasteiger charge is -2.17. The molecular weight excluding hydrogens is 205 g/mol. The quantitative estimate of drug-likeness (QED) is 0.809. The first kappa shape index (κ1) is 12.0. The number of halogens is 3. The molecule has 84 valence electrons. The third kappa shape index (κ3) is 2.96. The Bertz CT molecular complexity index is 324. The fourth-order valence-corrected chi connectivity index (χ4v) is 1.48. The van der Waals surface area contributed by atoms with Crippen molar-refractivity contribution in [2.45, 2.75) is 32.5 Å². The van der Waals surface area contributed by atoms with Gasteiger partial charge in [0, 0.05) is 6.42 Å². The number of alkyl halides is 3. The van der Waals surface area contributed by atoms with Gasteiger partial charge < -0.3 is 5.11 Å². The Morgan fingerprint density at radius 1 is 1.20 bits per heavy atom. The van der Waals surface area contributed by atoms with E-state index in [1.807, 2.05) is 0 Å². The summed E-state index contributed by atoms with van der Waals surface area (Å²) in [5.74, 6) is 0. The first-order chi connectivity index (χ1) is 6.82. The maximum atomic E-state index is 12.1. The molecule has 1 rings (SSSR count). The SMILES string of the molecule is Cc1cccc(C)c1C[C@@H](O)C(F)(F)F. The molecule has 0 fully saturated rings. The van der Waals surface area contributed by atoms with Crippen LogP contribution in [-0.2, 0) is 6.42 Å². The maximum absolute atomic E-state index is 12.1. The second kappa shape index (κ2) is 4.23. The summed E-state index contributed by atoms with van der Waals surface area (Å²) in [7, 11) is 0. The molecule has 1 N–H and O–H groups in total. The minimum atomic E-state index is -4.55. The zero-order valence-corrected chi connectivity index (χ0v) is 8.60. The van der Waals surface area contributed by atoms with Crippen LogP contribution in [0, 0.1) is 13.8 Å². The van der Waals surface area contributed by atoms with Crippen LogP contribution in [0.3, 0.4) is 0 Å². The molecule has 4 heteroatoms. The molecule has 1 aromatic rings. The smallest absolute Gasteiger partial charge is 0.383 e. The van der Waals surface area contributed by atoms with Gasteiger partial charge in [-0.25, -0.2) is 0 Å². The van der Waals surface area contributed by atoms with Crippen LogP contribution in [-0.4, -0.2) is 17.4 Å². The van der Waals surface area contributed by atoms with Gasteiger partial charge in [-0.1, -0.05) is 18.2 Å². The maximum Gasteiger partial charge on any atom is 0.414 e. The zero-order valence-electron chi connectivity index (χ0n) is 8.60. The van der Waals surface area contributed by atoms with Gasteiger partial charge in [0.1, 0.15) is 0 Å². The van der Waals surface area contributed by atoms with E-state index in [0.29, 0.717) is 5.56 Å². The number of aliphatic hydroxyl groups is 1. The monoisotopic (exact) mass is 218 g/mol. The molecule has 0 aliphatic rings. The van der Waals surface area contributed by atoms with E-state index in [4.69, 9.17) is 5.11 Å². The molecule has 0 radical (unpaired) electrons. The minimum absolute atomic E-state index is 0.373. The third-order valence-corrected chi connectivity index (χ3v) is 2.42. The Kier molecular flexibility index (Phi) is 3.39. The van der Waals surface area contributed by atoms with E-state index in [2.05, 4.69) is 0 Å². The summed E-state index contributed by atoms with van der Waals surface area (Å²) in [5, 5.41) is 8.96. The lowest BCUT2D eigenvalue weighted by Crippen LogP contribution is -2.31. The average molecular weight is 218 g/mol. The van der Waals surface area contributed by atoms with Crippen LogP contribution >= 0.6 is 0 Å². The molecule has 15 heavy (non-hydrogen) atoms. The molecule has 1 aromatic carbocycles. The first-order valence-corrected chi connectivity index (χ1v) is 4.62. The van der Waals surface area contributed by atoms with E-state index in [1.54, 1.807) is 32.0 Å². The number of hydrogen-bond acceptors (Lipinski definition) is 1. The standard InChI is InChI=1S/C11H13F3O/c1-7-4-3-5-8(2)9(7)6-10(15)11(12,13)14/h3-5,10,15H,6H2,1-2H3/t10-/m1/s1. The molecule has 0 aliphatic heterocycles. The summed E-state index contributed by atoms with van der Waals surface area (Å²) in [6.45, 7) is 3.48. The molecule has 0 aromatic heterocycles. The van der Waals surface area contributed by atoms with Gasteiger partial charge in [-0.15, -0.1) is 0 Å². The second-order valence-electron chi connectivity index (χ2n) is 3.63. The van der Waals surface area contributed by atoms with E-state index in [0.717, 1.165) is 11.1 Å². The van der Waals surface area contributed by atoms with Crippen molar-refractivity contribution in [2.24, 2.45) is 0 Å². The van der Waals surface area contributed by atoms with Crippen LogP contribution in [0.25, 0.3) is 0 Å². The molecule has 0 aliphatic carbocycles. The molecule has 0 saturated heterocycles. The van der Waals surface area contributed by atoms with Crippen molar-refractivity contribution < 1.29 is 18.3 Å². The summed E-state index contributed by atoms with van der Waals surface area (Å²) in [6.07, 6.45) is -7.20. The highest BCUT2D eigenvalue weighted by Crippen LogP contribution is 2.25. The topological polar surface area (TPSA) is 20.2 Å². The van der Waals surface area contributed by atoms with Crippen LogP contribution in [0.4, 0.5) is 13.2 Å². The molecule has 0 spiro atoms. The second-order valence-corrected chi connectivity index (χ2v) is 3.63. The van der Waals surface area contributed by atoms with Gasteiger partial charge in [0.25, 0.3) is 0 Å². The van der Waals surface area contributed by atoms with Crippen LogP contribution in [0.2, 0.25) is 0 Å².